The Morgan fingerprint density at radius 1 is 1.00 bits per heavy atom. The van der Waals surface area contributed by atoms with E-state index in [0.717, 1.165) is 26.1 Å². The summed E-state index contributed by atoms with van der Waals surface area (Å²) >= 11 is 20.3. The van der Waals surface area contributed by atoms with Gasteiger partial charge >= 0.3 is 7.60 Å². The molecule has 3 aromatic rings. The number of thiophene rings is 1. The van der Waals surface area contributed by atoms with E-state index < -0.39 is 13.3 Å². The second-order valence-corrected chi connectivity index (χ2v) is 11.1. The number of hydrogen-bond donors (Lipinski definition) is 0. The van der Waals surface area contributed by atoms with Gasteiger partial charge in [0.1, 0.15) is 0 Å². The molecule has 0 saturated carbocycles. The molecule has 0 aliphatic rings. The largest absolute Gasteiger partial charge is 0.339 e. The fraction of sp³-hybridized carbons (Fsp3) is 0.333. The zero-order valence-corrected chi connectivity index (χ0v) is 20.4. The van der Waals surface area contributed by atoms with E-state index in [9.17, 15) is 4.57 Å². The van der Waals surface area contributed by atoms with Gasteiger partial charge in [0.2, 0.25) is 0 Å². The first kappa shape index (κ1) is 23.1. The first-order valence-corrected chi connectivity index (χ1v) is 12.9. The molecule has 0 saturated heterocycles. The van der Waals surface area contributed by atoms with Gasteiger partial charge in [-0.05, 0) is 62.6 Å². The van der Waals surface area contributed by atoms with Gasteiger partial charge in [0.25, 0.3) is 0 Å². The van der Waals surface area contributed by atoms with Crippen molar-refractivity contribution in [1.29, 1.82) is 0 Å². The van der Waals surface area contributed by atoms with Crippen LogP contribution < -0.4 is 0 Å². The van der Waals surface area contributed by atoms with Crippen LogP contribution >= 0.6 is 53.7 Å². The monoisotopic (exact) mass is 490 g/mol. The van der Waals surface area contributed by atoms with Crippen molar-refractivity contribution in [2.45, 2.75) is 32.9 Å². The van der Waals surface area contributed by atoms with Gasteiger partial charge in [0, 0.05) is 20.0 Å². The lowest BCUT2D eigenvalue weighted by atomic mass is 10.1. The van der Waals surface area contributed by atoms with E-state index in [4.69, 9.17) is 43.9 Å². The quantitative estimate of drug-likeness (QED) is 0.296. The van der Waals surface area contributed by atoms with Crippen molar-refractivity contribution in [2.24, 2.45) is 0 Å². The molecule has 1 unspecified atom stereocenters. The molecular formula is C21H22Cl3O3PS. The molecule has 29 heavy (non-hydrogen) atoms. The maximum Gasteiger partial charge on any atom is 0.339 e. The molecule has 1 aromatic heterocycles. The molecule has 0 amide bonds. The number of hydrogen-bond acceptors (Lipinski definition) is 4. The number of aryl methyl sites for hydroxylation is 1. The van der Waals surface area contributed by atoms with E-state index in [-0.39, 0.29) is 0 Å². The minimum absolute atomic E-state index is 0.292. The summed E-state index contributed by atoms with van der Waals surface area (Å²) in [5, 5.41) is 2.60. The summed E-state index contributed by atoms with van der Waals surface area (Å²) in [6.07, 6.45) is 0.444. The molecule has 3 nitrogen and oxygen atoms in total. The molecule has 0 N–H and O–H groups in total. The van der Waals surface area contributed by atoms with Crippen molar-refractivity contribution < 1.29 is 13.6 Å². The van der Waals surface area contributed by atoms with Gasteiger partial charge in [-0.1, -0.05) is 46.9 Å². The highest BCUT2D eigenvalue weighted by Gasteiger charge is 2.39. The van der Waals surface area contributed by atoms with Crippen LogP contribution in [0.3, 0.4) is 0 Å². The standard InChI is InChI=1S/C21H22Cl3O3PS/c1-4-26-28(25,27-5-2)18(12-14-9-10-15(22)17(24)11-14)21-13(3)20-16(23)7-6-8-19(20)29-21/h6-11,18H,4-5,12H2,1-3H3. The summed E-state index contributed by atoms with van der Waals surface area (Å²) < 4.78 is 26.4. The maximum absolute atomic E-state index is 13.9. The molecule has 0 bridgehead atoms. The van der Waals surface area contributed by atoms with Gasteiger partial charge < -0.3 is 9.05 Å². The normalized spacial score (nSPS) is 13.2. The summed E-state index contributed by atoms with van der Waals surface area (Å²) in [6.45, 7) is 6.22. The Morgan fingerprint density at radius 3 is 2.28 bits per heavy atom. The first-order chi connectivity index (χ1) is 13.8. The summed E-state index contributed by atoms with van der Waals surface area (Å²) in [6, 6.07) is 11.2. The van der Waals surface area contributed by atoms with Gasteiger partial charge in [-0.15, -0.1) is 11.3 Å². The fourth-order valence-electron chi connectivity index (χ4n) is 3.40. The third-order valence-corrected chi connectivity index (χ3v) is 9.70. The molecule has 8 heteroatoms. The predicted octanol–water partition coefficient (Wildman–Crippen LogP) is 8.72. The molecule has 0 aliphatic heterocycles. The van der Waals surface area contributed by atoms with Gasteiger partial charge in [-0.3, -0.25) is 4.57 Å². The molecular weight excluding hydrogens is 470 g/mol. The summed E-state index contributed by atoms with van der Waals surface area (Å²) in [5.74, 6) is 0. The van der Waals surface area contributed by atoms with Crippen molar-refractivity contribution in [3.63, 3.8) is 0 Å². The first-order valence-electron chi connectivity index (χ1n) is 9.31. The minimum atomic E-state index is -3.45. The Kier molecular flexibility index (Phi) is 7.72. The summed E-state index contributed by atoms with van der Waals surface area (Å²) in [7, 11) is -3.45. The van der Waals surface area contributed by atoms with Crippen LogP contribution in [-0.2, 0) is 20.0 Å². The van der Waals surface area contributed by atoms with Crippen molar-refractivity contribution in [3.8, 4) is 0 Å². The molecule has 0 spiro atoms. The second-order valence-electron chi connectivity index (χ2n) is 6.55. The van der Waals surface area contributed by atoms with E-state index in [1.54, 1.807) is 23.5 Å². The van der Waals surface area contributed by atoms with Crippen molar-refractivity contribution in [2.75, 3.05) is 13.2 Å². The second kappa shape index (κ2) is 9.70. The van der Waals surface area contributed by atoms with Gasteiger partial charge in [-0.25, -0.2) is 0 Å². The Bertz CT molecular complexity index is 1060. The van der Waals surface area contributed by atoms with E-state index in [2.05, 4.69) is 0 Å². The number of rotatable bonds is 8. The molecule has 1 atom stereocenters. The summed E-state index contributed by atoms with van der Waals surface area (Å²) in [5.41, 5.74) is 1.43. The fourth-order valence-corrected chi connectivity index (χ4v) is 7.94. The maximum atomic E-state index is 13.9. The molecule has 0 fully saturated rings. The molecule has 3 rings (SSSR count). The minimum Gasteiger partial charge on any atom is -0.308 e. The SMILES string of the molecule is CCOP(=O)(OCC)C(Cc1ccc(Cl)c(Cl)c1)c1sc2cccc(Cl)c2c1C. The predicted molar refractivity (Wildman–Crippen MR) is 125 cm³/mol. The number of benzene rings is 2. The lowest BCUT2D eigenvalue weighted by Gasteiger charge is -2.26. The average molecular weight is 492 g/mol. The van der Waals surface area contributed by atoms with Gasteiger partial charge in [-0.2, -0.15) is 0 Å². The Hall–Kier alpha value is -0.580. The summed E-state index contributed by atoms with van der Waals surface area (Å²) in [4.78, 5) is 0.949. The third-order valence-electron chi connectivity index (χ3n) is 4.66. The average Bonchev–Trinajstić information content (AvgIpc) is 3.00. The molecule has 0 radical (unpaired) electrons. The van der Waals surface area contributed by atoms with Crippen LogP contribution in [0.5, 0.6) is 0 Å². The van der Waals surface area contributed by atoms with Crippen molar-refractivity contribution in [3.05, 3.63) is 67.5 Å². The highest BCUT2D eigenvalue weighted by atomic mass is 35.5. The lowest BCUT2D eigenvalue weighted by molar-refractivity contribution is 0.212. The Balaban J connectivity index is 2.17. The number of halogens is 3. The zero-order chi connectivity index (χ0) is 21.2. The van der Waals surface area contributed by atoms with Crippen LogP contribution in [0.15, 0.2) is 36.4 Å². The smallest absolute Gasteiger partial charge is 0.308 e. The van der Waals surface area contributed by atoms with Gasteiger partial charge in [0.15, 0.2) is 0 Å². The molecule has 156 valence electrons. The van der Waals surface area contributed by atoms with E-state index >= 15 is 0 Å². The molecule has 1 heterocycles. The van der Waals surface area contributed by atoms with Crippen LogP contribution in [-0.4, -0.2) is 13.2 Å². The van der Waals surface area contributed by atoms with Crippen molar-refractivity contribution in [1.82, 2.24) is 0 Å². The van der Waals surface area contributed by atoms with E-state index in [1.807, 2.05) is 45.0 Å². The molecule has 0 aliphatic carbocycles. The van der Waals surface area contributed by atoms with Crippen LogP contribution in [0, 0.1) is 6.92 Å². The van der Waals surface area contributed by atoms with E-state index in [1.165, 1.54) is 0 Å². The van der Waals surface area contributed by atoms with Crippen LogP contribution in [0.2, 0.25) is 15.1 Å². The van der Waals surface area contributed by atoms with Gasteiger partial charge in [0.05, 0.1) is 28.9 Å². The van der Waals surface area contributed by atoms with Crippen molar-refractivity contribution >= 4 is 63.8 Å². The van der Waals surface area contributed by atoms with E-state index in [0.29, 0.717) is 34.7 Å². The lowest BCUT2D eigenvalue weighted by Crippen LogP contribution is -2.09. The third kappa shape index (κ3) is 4.85. The van der Waals surface area contributed by atoms with Crippen LogP contribution in [0.1, 0.15) is 35.5 Å². The Morgan fingerprint density at radius 2 is 1.69 bits per heavy atom. The highest BCUT2D eigenvalue weighted by molar-refractivity contribution is 7.54. The molecule has 2 aromatic carbocycles. The Labute approximate surface area is 190 Å². The van der Waals surface area contributed by atoms with Crippen LogP contribution in [0.4, 0.5) is 0 Å². The zero-order valence-electron chi connectivity index (χ0n) is 16.4. The topological polar surface area (TPSA) is 35.5 Å². The van der Waals surface area contributed by atoms with Crippen LogP contribution in [0.25, 0.3) is 10.1 Å². The highest BCUT2D eigenvalue weighted by Crippen LogP contribution is 2.64. The number of fused-ring (bicyclic) bond motifs is 1.